The van der Waals surface area contributed by atoms with Gasteiger partial charge in [-0.1, -0.05) is 125 Å². The van der Waals surface area contributed by atoms with Crippen molar-refractivity contribution in [3.05, 3.63) is 60.7 Å². The lowest BCUT2D eigenvalue weighted by Crippen LogP contribution is -2.18. The van der Waals surface area contributed by atoms with Gasteiger partial charge in [-0.3, -0.25) is 0 Å². The smallest absolute Gasteiger partial charge is 0.143 e. The van der Waals surface area contributed by atoms with Crippen molar-refractivity contribution in [1.82, 2.24) is 0 Å². The highest BCUT2D eigenvalue weighted by atomic mass is 31.2. The molecule has 2 rings (SSSR count). The van der Waals surface area contributed by atoms with Crippen LogP contribution in [0.5, 0.6) is 0 Å². The van der Waals surface area contributed by atoms with Crippen LogP contribution in [0, 0.1) is 0 Å². The largest absolute Gasteiger partial charge is 0.314 e. The molecular weight excluding hydrogens is 335 g/mol. The Bertz CT molecular complexity index is 592. The summed E-state index contributed by atoms with van der Waals surface area (Å²) in [5.74, 6) is 0. The number of hydrogen-bond acceptors (Lipinski definition) is 1. The summed E-state index contributed by atoms with van der Waals surface area (Å²) in [6.07, 6.45) is 13.9. The van der Waals surface area contributed by atoms with E-state index in [1.54, 1.807) is 0 Å². The van der Waals surface area contributed by atoms with Crippen molar-refractivity contribution in [3.8, 4) is 0 Å². The molecule has 2 heteroatoms. The molecule has 1 nitrogen and oxygen atoms in total. The second-order valence-corrected chi connectivity index (χ2v) is 10.3. The lowest BCUT2D eigenvalue weighted by atomic mass is 10.1. The van der Waals surface area contributed by atoms with Crippen molar-refractivity contribution in [2.45, 2.75) is 71.1 Å². The van der Waals surface area contributed by atoms with Gasteiger partial charge < -0.3 is 4.57 Å². The standard InChI is InChI=1S/C24H35OP/c1-2-3-4-5-6-7-8-9-10-17-22-26(25,23-18-13-11-14-19-23)24-20-15-12-16-21-24/h11-16,18-21H,2-10,17,22H2,1H3. The topological polar surface area (TPSA) is 17.1 Å². The van der Waals surface area contributed by atoms with Crippen LogP contribution in [-0.4, -0.2) is 6.16 Å². The van der Waals surface area contributed by atoms with Gasteiger partial charge in [-0.05, 0) is 6.42 Å². The Labute approximate surface area is 160 Å². The molecular formula is C24H35OP. The van der Waals surface area contributed by atoms with Crippen LogP contribution in [0.2, 0.25) is 0 Å². The van der Waals surface area contributed by atoms with Gasteiger partial charge in [0.15, 0.2) is 0 Å². The minimum Gasteiger partial charge on any atom is -0.314 e. The molecule has 0 radical (unpaired) electrons. The summed E-state index contributed by atoms with van der Waals surface area (Å²) in [4.78, 5) is 0. The minimum absolute atomic E-state index is 0.789. The van der Waals surface area contributed by atoms with E-state index in [0.29, 0.717) is 0 Å². The van der Waals surface area contributed by atoms with E-state index >= 15 is 0 Å². The predicted octanol–water partition coefficient (Wildman–Crippen LogP) is 6.92. The van der Waals surface area contributed by atoms with Crippen LogP contribution < -0.4 is 10.6 Å². The lowest BCUT2D eigenvalue weighted by molar-refractivity contribution is 0.558. The molecule has 26 heavy (non-hydrogen) atoms. The number of unbranched alkanes of at least 4 members (excludes halogenated alkanes) is 9. The zero-order valence-corrected chi connectivity index (χ0v) is 17.3. The molecule has 142 valence electrons. The van der Waals surface area contributed by atoms with Crippen LogP contribution in [0.1, 0.15) is 71.1 Å². The Balaban J connectivity index is 1.79. The Hall–Kier alpha value is -1.33. The fourth-order valence-corrected chi connectivity index (χ4v) is 6.36. The molecule has 0 heterocycles. The summed E-state index contributed by atoms with van der Waals surface area (Å²) in [7, 11) is -2.50. The lowest BCUT2D eigenvalue weighted by Gasteiger charge is -2.19. The van der Waals surface area contributed by atoms with Crippen molar-refractivity contribution in [1.29, 1.82) is 0 Å². The Morgan fingerprint density at radius 1 is 0.577 bits per heavy atom. The van der Waals surface area contributed by atoms with E-state index in [1.165, 1.54) is 57.8 Å². The summed E-state index contributed by atoms with van der Waals surface area (Å²) >= 11 is 0. The van der Waals surface area contributed by atoms with Crippen molar-refractivity contribution < 1.29 is 4.57 Å². The highest BCUT2D eigenvalue weighted by Crippen LogP contribution is 2.44. The molecule has 0 saturated carbocycles. The molecule has 0 amide bonds. The summed E-state index contributed by atoms with van der Waals surface area (Å²) in [6, 6.07) is 20.1. The minimum atomic E-state index is -2.50. The van der Waals surface area contributed by atoms with E-state index in [1.807, 2.05) is 60.7 Å². The van der Waals surface area contributed by atoms with Crippen LogP contribution in [0.3, 0.4) is 0 Å². The van der Waals surface area contributed by atoms with Gasteiger partial charge in [-0.25, -0.2) is 0 Å². The summed E-state index contributed by atoms with van der Waals surface area (Å²) in [5, 5.41) is 2.00. The maximum absolute atomic E-state index is 13.9. The zero-order valence-electron chi connectivity index (χ0n) is 16.4. The van der Waals surface area contributed by atoms with Gasteiger partial charge >= 0.3 is 0 Å². The van der Waals surface area contributed by atoms with Gasteiger partial charge in [0, 0.05) is 16.8 Å². The normalized spacial score (nSPS) is 11.6. The maximum atomic E-state index is 13.9. The molecule has 0 saturated heterocycles. The first-order chi connectivity index (χ1) is 12.8. The van der Waals surface area contributed by atoms with Crippen molar-refractivity contribution in [2.75, 3.05) is 6.16 Å². The molecule has 0 aliphatic heterocycles. The third kappa shape index (κ3) is 6.76. The Morgan fingerprint density at radius 3 is 1.38 bits per heavy atom. The molecule has 0 aromatic heterocycles. The van der Waals surface area contributed by atoms with Gasteiger partial charge in [0.25, 0.3) is 0 Å². The first-order valence-corrected chi connectivity index (χ1v) is 12.4. The van der Waals surface area contributed by atoms with E-state index in [9.17, 15) is 4.57 Å². The van der Waals surface area contributed by atoms with Crippen LogP contribution in [-0.2, 0) is 4.57 Å². The fraction of sp³-hybridized carbons (Fsp3) is 0.500. The second-order valence-electron chi connectivity index (χ2n) is 7.32. The van der Waals surface area contributed by atoms with Crippen LogP contribution in [0.15, 0.2) is 60.7 Å². The quantitative estimate of drug-likeness (QED) is 0.276. The first kappa shape index (κ1) is 21.0. The van der Waals surface area contributed by atoms with Crippen molar-refractivity contribution in [2.24, 2.45) is 0 Å². The predicted molar refractivity (Wildman–Crippen MR) is 116 cm³/mol. The molecule has 0 atom stereocenters. The van der Waals surface area contributed by atoms with Crippen molar-refractivity contribution in [3.63, 3.8) is 0 Å². The molecule has 0 aliphatic carbocycles. The molecule has 0 spiro atoms. The second kappa shape index (κ2) is 12.1. The third-order valence-electron chi connectivity index (χ3n) is 5.17. The third-order valence-corrected chi connectivity index (χ3v) is 8.38. The Kier molecular flexibility index (Phi) is 9.78. The molecule has 0 unspecified atom stereocenters. The van der Waals surface area contributed by atoms with Gasteiger partial charge in [0.2, 0.25) is 0 Å². The molecule has 2 aromatic rings. The zero-order chi connectivity index (χ0) is 18.5. The highest BCUT2D eigenvalue weighted by Gasteiger charge is 2.26. The maximum Gasteiger partial charge on any atom is 0.143 e. The van der Waals surface area contributed by atoms with E-state index < -0.39 is 7.14 Å². The van der Waals surface area contributed by atoms with Crippen LogP contribution >= 0.6 is 7.14 Å². The van der Waals surface area contributed by atoms with E-state index in [4.69, 9.17) is 0 Å². The number of benzene rings is 2. The molecule has 0 aliphatic rings. The molecule has 0 fully saturated rings. The monoisotopic (exact) mass is 370 g/mol. The average Bonchev–Trinajstić information content (AvgIpc) is 2.70. The summed E-state index contributed by atoms with van der Waals surface area (Å²) < 4.78 is 13.9. The highest BCUT2D eigenvalue weighted by molar-refractivity contribution is 7.78. The van der Waals surface area contributed by atoms with E-state index in [-0.39, 0.29) is 0 Å². The fourth-order valence-electron chi connectivity index (χ4n) is 3.57. The number of hydrogen-bond donors (Lipinski definition) is 0. The summed E-state index contributed by atoms with van der Waals surface area (Å²) in [5.41, 5.74) is 0. The molecule has 0 N–H and O–H groups in total. The SMILES string of the molecule is CCCCCCCCCCCCP(=O)(c1ccccc1)c1ccccc1. The van der Waals surface area contributed by atoms with Gasteiger partial charge in [-0.2, -0.15) is 0 Å². The van der Waals surface area contributed by atoms with E-state index in [0.717, 1.165) is 23.2 Å². The molecule has 2 aromatic carbocycles. The molecule has 0 bridgehead atoms. The van der Waals surface area contributed by atoms with Gasteiger partial charge in [-0.15, -0.1) is 0 Å². The first-order valence-electron chi connectivity index (χ1n) is 10.5. The van der Waals surface area contributed by atoms with Gasteiger partial charge in [0.05, 0.1) is 0 Å². The Morgan fingerprint density at radius 2 is 0.962 bits per heavy atom. The van der Waals surface area contributed by atoms with Gasteiger partial charge in [0.1, 0.15) is 7.14 Å². The van der Waals surface area contributed by atoms with Crippen LogP contribution in [0.4, 0.5) is 0 Å². The van der Waals surface area contributed by atoms with Crippen LogP contribution in [0.25, 0.3) is 0 Å². The van der Waals surface area contributed by atoms with Crippen molar-refractivity contribution >= 4 is 17.8 Å². The number of rotatable bonds is 13. The van der Waals surface area contributed by atoms with E-state index in [2.05, 4.69) is 6.92 Å². The summed E-state index contributed by atoms with van der Waals surface area (Å²) in [6.45, 7) is 2.27. The average molecular weight is 371 g/mol.